The first-order valence-corrected chi connectivity index (χ1v) is 11.6. The summed E-state index contributed by atoms with van der Waals surface area (Å²) in [5.74, 6) is 1.43. The average molecular weight is 459 g/mol. The summed E-state index contributed by atoms with van der Waals surface area (Å²) in [6.45, 7) is 6.32. The molecule has 0 spiro atoms. The molecule has 0 radical (unpaired) electrons. The molecule has 6 nitrogen and oxygen atoms in total. The molecule has 0 aliphatic rings. The van der Waals surface area contributed by atoms with Crippen molar-refractivity contribution >= 4 is 23.4 Å². The molecule has 1 heterocycles. The summed E-state index contributed by atoms with van der Waals surface area (Å²) in [6, 6.07) is 25.5. The number of nitrogens with zero attached hydrogens (tertiary/aromatic N) is 3. The zero-order chi connectivity index (χ0) is 23.2. The number of carbonyl (C=O) groups excluding carboxylic acids is 1. The van der Waals surface area contributed by atoms with Gasteiger partial charge in [0.25, 0.3) is 0 Å². The zero-order valence-corrected chi connectivity index (χ0v) is 19.7. The topological polar surface area (TPSA) is 69.0 Å². The predicted octanol–water partition coefficient (Wildman–Crippen LogP) is 5.58. The van der Waals surface area contributed by atoms with Gasteiger partial charge in [-0.05, 0) is 68.3 Å². The first-order valence-electron chi connectivity index (χ1n) is 10.7. The summed E-state index contributed by atoms with van der Waals surface area (Å²) in [5, 5.41) is 11.8. The lowest BCUT2D eigenvalue weighted by molar-refractivity contribution is -0.115. The van der Waals surface area contributed by atoms with E-state index in [0.29, 0.717) is 11.8 Å². The fourth-order valence-corrected chi connectivity index (χ4v) is 4.23. The van der Waals surface area contributed by atoms with Crippen LogP contribution in [0.15, 0.2) is 84.0 Å². The van der Waals surface area contributed by atoms with Crippen LogP contribution in [0.2, 0.25) is 0 Å². The van der Waals surface area contributed by atoms with Crippen molar-refractivity contribution in [3.8, 4) is 11.4 Å². The van der Waals surface area contributed by atoms with Crippen LogP contribution >= 0.6 is 11.8 Å². The third-order valence-corrected chi connectivity index (χ3v) is 6.12. The lowest BCUT2D eigenvalue weighted by Crippen LogP contribution is -2.22. The van der Waals surface area contributed by atoms with Gasteiger partial charge in [0.05, 0.1) is 5.25 Å². The minimum absolute atomic E-state index is 0.102. The van der Waals surface area contributed by atoms with Crippen LogP contribution in [0.3, 0.4) is 0 Å². The first-order chi connectivity index (χ1) is 16.0. The fraction of sp³-hybridized carbons (Fsp3) is 0.192. The summed E-state index contributed by atoms with van der Waals surface area (Å²) in [5.41, 5.74) is 3.96. The number of thioether (sulfide) groups is 1. The van der Waals surface area contributed by atoms with Gasteiger partial charge < -0.3 is 10.1 Å². The summed E-state index contributed by atoms with van der Waals surface area (Å²) in [7, 11) is 0. The number of rotatable bonds is 8. The highest BCUT2D eigenvalue weighted by Crippen LogP contribution is 2.27. The van der Waals surface area contributed by atoms with E-state index in [-0.39, 0.29) is 11.2 Å². The Morgan fingerprint density at radius 1 is 1.00 bits per heavy atom. The number of amides is 1. The van der Waals surface area contributed by atoms with Gasteiger partial charge in [0.2, 0.25) is 5.91 Å². The Bertz CT molecular complexity index is 1220. The molecular weight excluding hydrogens is 432 g/mol. The average Bonchev–Trinajstić information content (AvgIpc) is 3.19. The van der Waals surface area contributed by atoms with Crippen molar-refractivity contribution in [1.29, 1.82) is 0 Å². The summed E-state index contributed by atoms with van der Waals surface area (Å²) >= 11 is 1.38. The molecule has 0 bridgehead atoms. The zero-order valence-electron chi connectivity index (χ0n) is 18.9. The van der Waals surface area contributed by atoms with E-state index < -0.39 is 0 Å². The van der Waals surface area contributed by atoms with Crippen LogP contribution < -0.4 is 10.1 Å². The van der Waals surface area contributed by atoms with Crippen molar-refractivity contribution in [1.82, 2.24) is 14.8 Å². The van der Waals surface area contributed by atoms with E-state index in [1.807, 2.05) is 98.1 Å². The molecule has 0 aliphatic carbocycles. The van der Waals surface area contributed by atoms with Gasteiger partial charge in [-0.1, -0.05) is 54.2 Å². The van der Waals surface area contributed by atoms with E-state index in [1.165, 1.54) is 11.8 Å². The minimum Gasteiger partial charge on any atom is -0.489 e. The molecule has 1 atom stereocenters. The Morgan fingerprint density at radius 3 is 2.48 bits per heavy atom. The van der Waals surface area contributed by atoms with Gasteiger partial charge in [-0.15, -0.1) is 10.2 Å². The predicted molar refractivity (Wildman–Crippen MR) is 132 cm³/mol. The maximum atomic E-state index is 12.8. The maximum absolute atomic E-state index is 12.8. The Kier molecular flexibility index (Phi) is 7.10. The van der Waals surface area contributed by atoms with Crippen LogP contribution in [0.4, 0.5) is 5.69 Å². The Hall–Kier alpha value is -3.58. The van der Waals surface area contributed by atoms with E-state index in [1.54, 1.807) is 0 Å². The van der Waals surface area contributed by atoms with E-state index >= 15 is 0 Å². The van der Waals surface area contributed by atoms with Crippen LogP contribution in [0.1, 0.15) is 23.9 Å². The number of hydrogen-bond acceptors (Lipinski definition) is 5. The van der Waals surface area contributed by atoms with Crippen molar-refractivity contribution in [2.45, 2.75) is 37.8 Å². The number of carbonyl (C=O) groups is 1. The van der Waals surface area contributed by atoms with E-state index in [4.69, 9.17) is 4.74 Å². The van der Waals surface area contributed by atoms with Gasteiger partial charge in [-0.25, -0.2) is 0 Å². The van der Waals surface area contributed by atoms with Gasteiger partial charge in [-0.3, -0.25) is 9.36 Å². The maximum Gasteiger partial charge on any atom is 0.237 e. The molecule has 1 amide bonds. The van der Waals surface area contributed by atoms with Gasteiger partial charge >= 0.3 is 0 Å². The molecule has 4 aromatic rings. The number of nitrogens with one attached hydrogen (secondary N) is 1. The highest BCUT2D eigenvalue weighted by Gasteiger charge is 2.20. The van der Waals surface area contributed by atoms with E-state index in [9.17, 15) is 4.79 Å². The Labute approximate surface area is 198 Å². The van der Waals surface area contributed by atoms with Gasteiger partial charge in [0, 0.05) is 11.4 Å². The third kappa shape index (κ3) is 5.81. The number of aryl methyl sites for hydroxylation is 2. The number of benzene rings is 3. The van der Waals surface area contributed by atoms with Gasteiger partial charge in [-0.2, -0.15) is 0 Å². The van der Waals surface area contributed by atoms with Gasteiger partial charge in [0.15, 0.2) is 5.16 Å². The second-order valence-corrected chi connectivity index (χ2v) is 9.06. The monoisotopic (exact) mass is 458 g/mol. The number of hydrogen-bond donors (Lipinski definition) is 1. The van der Waals surface area contributed by atoms with Crippen molar-refractivity contribution in [2.24, 2.45) is 0 Å². The van der Waals surface area contributed by atoms with Crippen LogP contribution in [0.25, 0.3) is 5.69 Å². The van der Waals surface area contributed by atoms with Crippen molar-refractivity contribution in [3.63, 3.8) is 0 Å². The van der Waals surface area contributed by atoms with E-state index in [0.717, 1.165) is 34.1 Å². The molecule has 4 rings (SSSR count). The lowest BCUT2D eigenvalue weighted by Gasteiger charge is -2.14. The van der Waals surface area contributed by atoms with Crippen molar-refractivity contribution in [3.05, 3.63) is 95.8 Å². The SMILES string of the molecule is Cc1cccc(-n2c(C)nnc2SC(C)C(=O)Nc2ccc(OCc3ccccc3)cc2)c1. The van der Waals surface area contributed by atoms with Crippen molar-refractivity contribution < 1.29 is 9.53 Å². The minimum atomic E-state index is -0.355. The van der Waals surface area contributed by atoms with Crippen LogP contribution in [0, 0.1) is 13.8 Å². The number of aromatic nitrogens is 3. The Balaban J connectivity index is 1.36. The number of anilines is 1. The molecule has 1 unspecified atom stereocenters. The summed E-state index contributed by atoms with van der Waals surface area (Å²) in [6.07, 6.45) is 0. The standard InChI is InChI=1S/C26H26N4O2S/c1-18-8-7-11-23(16-18)30-20(3)28-29-26(30)33-19(2)25(31)27-22-12-14-24(15-13-22)32-17-21-9-5-4-6-10-21/h4-16,19H,17H2,1-3H3,(H,27,31). The molecule has 1 aromatic heterocycles. The summed E-state index contributed by atoms with van der Waals surface area (Å²) < 4.78 is 7.78. The normalized spacial score (nSPS) is 11.7. The molecule has 0 saturated carbocycles. The molecule has 1 N–H and O–H groups in total. The van der Waals surface area contributed by atoms with Gasteiger partial charge in [0.1, 0.15) is 18.2 Å². The largest absolute Gasteiger partial charge is 0.489 e. The second kappa shape index (κ2) is 10.4. The van der Waals surface area contributed by atoms with Crippen LogP contribution in [-0.2, 0) is 11.4 Å². The number of ether oxygens (including phenoxy) is 1. The molecule has 3 aromatic carbocycles. The van der Waals surface area contributed by atoms with Crippen LogP contribution in [0.5, 0.6) is 5.75 Å². The molecular formula is C26H26N4O2S. The molecule has 7 heteroatoms. The summed E-state index contributed by atoms with van der Waals surface area (Å²) in [4.78, 5) is 12.8. The molecule has 0 aliphatic heterocycles. The first kappa shape index (κ1) is 22.6. The molecule has 0 saturated heterocycles. The Morgan fingerprint density at radius 2 is 1.76 bits per heavy atom. The lowest BCUT2D eigenvalue weighted by atomic mass is 10.2. The second-order valence-electron chi connectivity index (χ2n) is 7.75. The van der Waals surface area contributed by atoms with Crippen LogP contribution in [-0.4, -0.2) is 25.9 Å². The van der Waals surface area contributed by atoms with E-state index in [2.05, 4.69) is 21.6 Å². The third-order valence-electron chi connectivity index (χ3n) is 5.08. The van der Waals surface area contributed by atoms with Crippen molar-refractivity contribution in [2.75, 3.05) is 5.32 Å². The highest BCUT2D eigenvalue weighted by molar-refractivity contribution is 8.00. The molecule has 168 valence electrons. The highest BCUT2D eigenvalue weighted by atomic mass is 32.2. The quantitative estimate of drug-likeness (QED) is 0.349. The fourth-order valence-electron chi connectivity index (χ4n) is 3.31. The molecule has 33 heavy (non-hydrogen) atoms. The molecule has 0 fully saturated rings. The smallest absolute Gasteiger partial charge is 0.237 e.